The van der Waals surface area contributed by atoms with Crippen molar-refractivity contribution in [2.75, 3.05) is 13.2 Å². The van der Waals surface area contributed by atoms with Crippen molar-refractivity contribution in [1.29, 1.82) is 0 Å². The molecule has 3 rings (SSSR count). The Bertz CT molecular complexity index is 539. The highest BCUT2D eigenvalue weighted by molar-refractivity contribution is 6.30. The summed E-state index contributed by atoms with van der Waals surface area (Å²) in [7, 11) is 0. The summed E-state index contributed by atoms with van der Waals surface area (Å²) < 4.78 is 5.99. The van der Waals surface area contributed by atoms with Gasteiger partial charge in [-0.3, -0.25) is 4.79 Å². The normalized spacial score (nSPS) is 25.5. The van der Waals surface area contributed by atoms with E-state index in [1.807, 2.05) is 29.2 Å². The Morgan fingerprint density at radius 1 is 1.38 bits per heavy atom. The summed E-state index contributed by atoms with van der Waals surface area (Å²) in [5.41, 5.74) is 0.811. The van der Waals surface area contributed by atoms with Crippen LogP contribution in [0, 0.1) is 5.92 Å². The number of hydrogen-bond donors (Lipinski definition) is 0. The minimum atomic E-state index is -0.234. The third kappa shape index (κ3) is 2.95. The maximum atomic E-state index is 12.7. The number of hydrogen-bond acceptors (Lipinski definition) is 2. The highest BCUT2D eigenvalue weighted by Crippen LogP contribution is 2.36. The minimum absolute atomic E-state index is 0.0826. The molecular weight excluding hydrogens is 286 g/mol. The largest absolute Gasteiger partial charge is 0.369 e. The van der Waals surface area contributed by atoms with Crippen LogP contribution in [0.4, 0.5) is 0 Å². The first-order chi connectivity index (χ1) is 9.97. The molecule has 1 amide bonds. The molecule has 114 valence electrons. The second kappa shape index (κ2) is 5.62. The summed E-state index contributed by atoms with van der Waals surface area (Å²) in [6, 6.07) is 7.73. The van der Waals surface area contributed by atoms with E-state index in [1.165, 1.54) is 6.42 Å². The molecule has 2 aliphatic rings. The summed E-state index contributed by atoms with van der Waals surface area (Å²) in [4.78, 5) is 14.7. The average Bonchev–Trinajstić information content (AvgIpc) is 2.36. The van der Waals surface area contributed by atoms with Crippen LogP contribution in [0.1, 0.15) is 44.8 Å². The van der Waals surface area contributed by atoms with Crippen LogP contribution < -0.4 is 0 Å². The van der Waals surface area contributed by atoms with Gasteiger partial charge in [0.2, 0.25) is 5.91 Å². The quantitative estimate of drug-likeness (QED) is 0.831. The molecule has 0 bridgehead atoms. The molecule has 21 heavy (non-hydrogen) atoms. The summed E-state index contributed by atoms with van der Waals surface area (Å²) in [6.07, 6.45) is 3.17. The third-order valence-corrected chi connectivity index (χ3v) is 4.89. The van der Waals surface area contributed by atoms with Gasteiger partial charge < -0.3 is 9.64 Å². The predicted octanol–water partition coefficient (Wildman–Crippen LogP) is 3.82. The maximum Gasteiger partial charge on any atom is 0.226 e. The minimum Gasteiger partial charge on any atom is -0.369 e. The van der Waals surface area contributed by atoms with Crippen molar-refractivity contribution < 1.29 is 9.53 Å². The van der Waals surface area contributed by atoms with Crippen LogP contribution >= 0.6 is 11.6 Å². The van der Waals surface area contributed by atoms with Crippen LogP contribution in [0.3, 0.4) is 0 Å². The number of rotatable bonds is 2. The Labute approximate surface area is 131 Å². The van der Waals surface area contributed by atoms with E-state index in [4.69, 9.17) is 16.3 Å². The molecular formula is C17H22ClNO2. The summed E-state index contributed by atoms with van der Waals surface area (Å²) >= 11 is 6.06. The second-order valence-corrected chi connectivity index (χ2v) is 7.18. The predicted molar refractivity (Wildman–Crippen MR) is 83.3 cm³/mol. The van der Waals surface area contributed by atoms with Gasteiger partial charge in [0.05, 0.1) is 18.7 Å². The Kier molecular flexibility index (Phi) is 3.98. The van der Waals surface area contributed by atoms with Gasteiger partial charge in [0.25, 0.3) is 0 Å². The number of halogens is 1. The van der Waals surface area contributed by atoms with E-state index < -0.39 is 0 Å². The number of carbonyl (C=O) groups is 1. The molecule has 0 aromatic heterocycles. The Morgan fingerprint density at radius 3 is 2.76 bits per heavy atom. The number of benzene rings is 1. The average molecular weight is 308 g/mol. The zero-order valence-corrected chi connectivity index (χ0v) is 13.4. The van der Waals surface area contributed by atoms with Gasteiger partial charge in [-0.2, -0.15) is 0 Å². The highest BCUT2D eigenvalue weighted by atomic mass is 35.5. The van der Waals surface area contributed by atoms with Crippen LogP contribution in [0.5, 0.6) is 0 Å². The summed E-state index contributed by atoms with van der Waals surface area (Å²) in [5.74, 6) is 0.518. The van der Waals surface area contributed by atoms with Gasteiger partial charge in [-0.1, -0.05) is 30.2 Å². The lowest BCUT2D eigenvalue weighted by molar-refractivity contribution is -0.161. The summed E-state index contributed by atoms with van der Waals surface area (Å²) in [5, 5.41) is 0.706. The molecule has 1 unspecified atom stereocenters. The third-order valence-electron chi connectivity index (χ3n) is 4.66. The first kappa shape index (κ1) is 14.9. The molecule has 0 N–H and O–H groups in total. The van der Waals surface area contributed by atoms with Crippen LogP contribution in [0.2, 0.25) is 5.02 Å². The van der Waals surface area contributed by atoms with Crippen molar-refractivity contribution in [2.45, 2.75) is 44.8 Å². The standard InChI is InChI=1S/C17H22ClNO2/c1-17(2)11-21-15(13-7-4-8-14(18)9-13)10-19(17)16(20)12-5-3-6-12/h4,7-9,12,15H,3,5-6,10-11H2,1-2H3. The first-order valence-electron chi connectivity index (χ1n) is 7.66. The van der Waals surface area contributed by atoms with E-state index in [2.05, 4.69) is 13.8 Å². The van der Waals surface area contributed by atoms with Crippen LogP contribution in [0.25, 0.3) is 0 Å². The fraction of sp³-hybridized carbons (Fsp3) is 0.588. The fourth-order valence-electron chi connectivity index (χ4n) is 3.02. The van der Waals surface area contributed by atoms with Crippen molar-refractivity contribution in [3.63, 3.8) is 0 Å². The van der Waals surface area contributed by atoms with Gasteiger partial charge in [0, 0.05) is 10.9 Å². The molecule has 3 nitrogen and oxygen atoms in total. The zero-order chi connectivity index (χ0) is 15.0. The number of ether oxygens (including phenoxy) is 1. The van der Waals surface area contributed by atoms with Crippen molar-refractivity contribution in [3.05, 3.63) is 34.9 Å². The Balaban J connectivity index is 1.79. The molecule has 1 heterocycles. The lowest BCUT2D eigenvalue weighted by Gasteiger charge is -2.47. The van der Waals surface area contributed by atoms with E-state index in [1.54, 1.807) is 0 Å². The monoisotopic (exact) mass is 307 g/mol. The molecule has 0 radical (unpaired) electrons. The fourth-order valence-corrected chi connectivity index (χ4v) is 3.22. The molecule has 1 saturated heterocycles. The molecule has 1 aromatic carbocycles. The first-order valence-corrected chi connectivity index (χ1v) is 8.04. The highest BCUT2D eigenvalue weighted by Gasteiger charge is 2.41. The van der Waals surface area contributed by atoms with E-state index in [0.717, 1.165) is 18.4 Å². The lowest BCUT2D eigenvalue weighted by atomic mass is 9.83. The van der Waals surface area contributed by atoms with E-state index in [0.29, 0.717) is 24.1 Å². The molecule has 1 aliphatic carbocycles. The van der Waals surface area contributed by atoms with Crippen LogP contribution in [0.15, 0.2) is 24.3 Å². The molecule has 1 aliphatic heterocycles. The van der Waals surface area contributed by atoms with Gasteiger partial charge >= 0.3 is 0 Å². The van der Waals surface area contributed by atoms with E-state index >= 15 is 0 Å². The zero-order valence-electron chi connectivity index (χ0n) is 12.6. The molecule has 4 heteroatoms. The van der Waals surface area contributed by atoms with Crippen molar-refractivity contribution in [3.8, 4) is 0 Å². The molecule has 1 saturated carbocycles. The van der Waals surface area contributed by atoms with Crippen molar-refractivity contribution >= 4 is 17.5 Å². The molecule has 0 spiro atoms. The van der Waals surface area contributed by atoms with Gasteiger partial charge in [0.1, 0.15) is 6.10 Å². The SMILES string of the molecule is CC1(C)COC(c2cccc(Cl)c2)CN1C(=O)C1CCC1. The van der Waals surface area contributed by atoms with Gasteiger partial charge in [-0.15, -0.1) is 0 Å². The molecule has 1 aromatic rings. The lowest BCUT2D eigenvalue weighted by Crippen LogP contribution is -2.58. The second-order valence-electron chi connectivity index (χ2n) is 6.74. The smallest absolute Gasteiger partial charge is 0.226 e. The van der Waals surface area contributed by atoms with Gasteiger partial charge in [-0.25, -0.2) is 0 Å². The number of carbonyl (C=O) groups excluding carboxylic acids is 1. The number of amides is 1. The van der Waals surface area contributed by atoms with Crippen molar-refractivity contribution in [1.82, 2.24) is 4.90 Å². The van der Waals surface area contributed by atoms with Crippen LogP contribution in [-0.2, 0) is 9.53 Å². The van der Waals surface area contributed by atoms with Crippen molar-refractivity contribution in [2.24, 2.45) is 5.92 Å². The molecule has 1 atom stereocenters. The molecule has 2 fully saturated rings. The van der Waals surface area contributed by atoms with Crippen LogP contribution in [-0.4, -0.2) is 29.5 Å². The maximum absolute atomic E-state index is 12.7. The van der Waals surface area contributed by atoms with Gasteiger partial charge in [-0.05, 0) is 44.4 Å². The number of morpholine rings is 1. The number of nitrogens with zero attached hydrogens (tertiary/aromatic N) is 1. The Morgan fingerprint density at radius 2 is 2.14 bits per heavy atom. The van der Waals surface area contributed by atoms with Gasteiger partial charge in [0.15, 0.2) is 0 Å². The van der Waals surface area contributed by atoms with E-state index in [9.17, 15) is 4.79 Å². The topological polar surface area (TPSA) is 29.5 Å². The Hall–Kier alpha value is -1.06. The van der Waals surface area contributed by atoms with E-state index in [-0.39, 0.29) is 17.6 Å². The summed E-state index contributed by atoms with van der Waals surface area (Å²) in [6.45, 7) is 5.33.